The number of nitrogens with two attached hydrogens (primary N) is 1. The number of aliphatic hydroxyl groups excluding tert-OH is 1. The molecular formula is C6H13NO3S. The minimum atomic E-state index is -2.57. The van der Waals surface area contributed by atoms with Crippen LogP contribution in [-0.4, -0.2) is 24.6 Å². The van der Waals surface area contributed by atoms with Crippen molar-refractivity contribution in [1.29, 1.82) is 0 Å². The molecule has 0 aliphatic carbocycles. The van der Waals surface area contributed by atoms with E-state index >= 15 is 0 Å². The van der Waals surface area contributed by atoms with Crippen molar-refractivity contribution in [2.24, 2.45) is 11.7 Å². The summed E-state index contributed by atoms with van der Waals surface area (Å²) in [4.78, 5) is 0. The SMILES string of the molecule is CC[C@H](C)[C@H](N)C(O)=S(=O)=O. The maximum Gasteiger partial charge on any atom is 0.242 e. The quantitative estimate of drug-likeness (QED) is 0.594. The molecule has 0 rings (SSSR count). The number of hydrogen-bond acceptors (Lipinski definition) is 3. The van der Waals surface area contributed by atoms with Gasteiger partial charge in [-0.15, -0.1) is 0 Å². The van der Waals surface area contributed by atoms with Crippen molar-refractivity contribution in [3.8, 4) is 0 Å². The average molecular weight is 179 g/mol. The number of aliphatic hydroxyl groups is 1. The van der Waals surface area contributed by atoms with Gasteiger partial charge in [0.2, 0.25) is 10.3 Å². The molecule has 0 bridgehead atoms. The fraction of sp³-hybridized carbons (Fsp3) is 0.833. The topological polar surface area (TPSA) is 80.4 Å². The fourth-order valence-corrected chi connectivity index (χ4v) is 1.06. The zero-order valence-electron chi connectivity index (χ0n) is 6.61. The minimum Gasteiger partial charge on any atom is -0.350 e. The summed E-state index contributed by atoms with van der Waals surface area (Å²) in [5.41, 5.74) is 5.39. The monoisotopic (exact) mass is 179 g/mol. The van der Waals surface area contributed by atoms with E-state index in [-0.39, 0.29) is 5.92 Å². The van der Waals surface area contributed by atoms with Crippen LogP contribution in [0.5, 0.6) is 0 Å². The molecule has 66 valence electrons. The Labute approximate surface area is 67.6 Å². The molecule has 0 heterocycles. The minimum absolute atomic E-state index is 0.0205. The second-order valence-corrected chi connectivity index (χ2v) is 3.37. The lowest BCUT2D eigenvalue weighted by Crippen LogP contribution is -2.36. The molecule has 0 saturated carbocycles. The molecular weight excluding hydrogens is 166 g/mol. The molecule has 3 N–H and O–H groups in total. The first-order valence-corrected chi connectivity index (χ1v) is 4.48. The van der Waals surface area contributed by atoms with Crippen molar-refractivity contribution in [2.75, 3.05) is 0 Å². The van der Waals surface area contributed by atoms with Crippen molar-refractivity contribution in [3.63, 3.8) is 0 Å². The molecule has 11 heavy (non-hydrogen) atoms. The second kappa shape index (κ2) is 4.48. The molecule has 0 aromatic rings. The summed E-state index contributed by atoms with van der Waals surface area (Å²) < 4.78 is 20.4. The summed E-state index contributed by atoms with van der Waals surface area (Å²) >= 11 is 0. The second-order valence-electron chi connectivity index (χ2n) is 2.48. The van der Waals surface area contributed by atoms with Gasteiger partial charge in [-0.05, 0) is 5.92 Å². The molecule has 0 aromatic carbocycles. The van der Waals surface area contributed by atoms with Crippen molar-refractivity contribution in [3.05, 3.63) is 0 Å². The van der Waals surface area contributed by atoms with Gasteiger partial charge in [-0.1, -0.05) is 20.3 Å². The highest BCUT2D eigenvalue weighted by molar-refractivity contribution is 7.72. The molecule has 2 atom stereocenters. The van der Waals surface area contributed by atoms with E-state index in [2.05, 4.69) is 0 Å². The first-order valence-electron chi connectivity index (χ1n) is 3.41. The van der Waals surface area contributed by atoms with Gasteiger partial charge in [0.15, 0.2) is 5.05 Å². The van der Waals surface area contributed by atoms with E-state index in [1.807, 2.05) is 6.92 Å². The van der Waals surface area contributed by atoms with Crippen molar-refractivity contribution < 1.29 is 13.5 Å². The van der Waals surface area contributed by atoms with Crippen LogP contribution in [0.15, 0.2) is 0 Å². The van der Waals surface area contributed by atoms with E-state index in [1.165, 1.54) is 0 Å². The molecule has 0 saturated heterocycles. The molecule has 0 aliphatic heterocycles. The fourth-order valence-electron chi connectivity index (χ4n) is 0.608. The number of rotatable bonds is 3. The van der Waals surface area contributed by atoms with Gasteiger partial charge < -0.3 is 10.8 Å². The van der Waals surface area contributed by atoms with Crippen LogP contribution in [0.25, 0.3) is 0 Å². The molecule has 0 unspecified atom stereocenters. The van der Waals surface area contributed by atoms with Gasteiger partial charge in [-0.2, -0.15) is 8.42 Å². The highest BCUT2D eigenvalue weighted by Gasteiger charge is 2.16. The smallest absolute Gasteiger partial charge is 0.242 e. The van der Waals surface area contributed by atoms with Gasteiger partial charge >= 0.3 is 0 Å². The molecule has 0 spiro atoms. The molecule has 0 aliphatic rings. The Morgan fingerprint density at radius 2 is 2.09 bits per heavy atom. The van der Waals surface area contributed by atoms with E-state index in [9.17, 15) is 8.42 Å². The molecule has 0 amide bonds. The Hall–Kier alpha value is -0.390. The van der Waals surface area contributed by atoms with Gasteiger partial charge in [0.05, 0.1) is 6.04 Å². The third-order valence-electron chi connectivity index (χ3n) is 1.71. The zero-order chi connectivity index (χ0) is 9.02. The van der Waals surface area contributed by atoms with Gasteiger partial charge in [0, 0.05) is 0 Å². The maximum atomic E-state index is 10.2. The Morgan fingerprint density at radius 3 is 2.36 bits per heavy atom. The van der Waals surface area contributed by atoms with E-state index in [1.54, 1.807) is 6.92 Å². The Balaban J connectivity index is 4.51. The maximum absolute atomic E-state index is 10.2. The van der Waals surface area contributed by atoms with Crippen molar-refractivity contribution >= 4 is 15.3 Å². The van der Waals surface area contributed by atoms with Gasteiger partial charge in [0.25, 0.3) is 0 Å². The molecule has 0 radical (unpaired) electrons. The Kier molecular flexibility index (Phi) is 4.32. The van der Waals surface area contributed by atoms with Crippen LogP contribution in [0.4, 0.5) is 0 Å². The van der Waals surface area contributed by atoms with Crippen LogP contribution in [0.2, 0.25) is 0 Å². The standard InChI is InChI=1S/C6H13NO3S/c1-3-4(2)5(7)6(8)11(9)10/h4-5,8H,3,7H2,1-2H3/t4-,5-/m0/s1. The first-order chi connectivity index (χ1) is 5.00. The van der Waals surface area contributed by atoms with E-state index in [0.29, 0.717) is 0 Å². The van der Waals surface area contributed by atoms with Gasteiger partial charge in [0.1, 0.15) is 0 Å². The Bertz CT molecular complexity index is 237. The third-order valence-corrected chi connectivity index (χ3v) is 2.33. The first kappa shape index (κ1) is 10.6. The van der Waals surface area contributed by atoms with Crippen molar-refractivity contribution in [1.82, 2.24) is 0 Å². The highest BCUT2D eigenvalue weighted by Crippen LogP contribution is 2.04. The van der Waals surface area contributed by atoms with Crippen LogP contribution >= 0.6 is 0 Å². The molecule has 0 aromatic heterocycles. The third kappa shape index (κ3) is 3.00. The summed E-state index contributed by atoms with van der Waals surface area (Å²) in [6.45, 7) is 3.67. The van der Waals surface area contributed by atoms with Gasteiger partial charge in [-0.25, -0.2) is 0 Å². The van der Waals surface area contributed by atoms with Crippen LogP contribution in [0, 0.1) is 5.92 Å². The van der Waals surface area contributed by atoms with Crippen LogP contribution in [0.3, 0.4) is 0 Å². The predicted molar refractivity (Wildman–Crippen MR) is 44.0 cm³/mol. The summed E-state index contributed by atoms with van der Waals surface area (Å²) in [6, 6.07) is -0.765. The lowest BCUT2D eigenvalue weighted by Gasteiger charge is -2.14. The van der Waals surface area contributed by atoms with Crippen LogP contribution in [0.1, 0.15) is 20.3 Å². The van der Waals surface area contributed by atoms with E-state index in [0.717, 1.165) is 6.42 Å². The highest BCUT2D eigenvalue weighted by atomic mass is 32.2. The van der Waals surface area contributed by atoms with Crippen molar-refractivity contribution in [2.45, 2.75) is 26.3 Å². The zero-order valence-corrected chi connectivity index (χ0v) is 7.43. The van der Waals surface area contributed by atoms with E-state index < -0.39 is 21.4 Å². The summed E-state index contributed by atoms with van der Waals surface area (Å²) in [5, 5.41) is 8.22. The lowest BCUT2D eigenvalue weighted by molar-refractivity contribution is 0.449. The summed E-state index contributed by atoms with van der Waals surface area (Å²) in [6.07, 6.45) is 0.739. The summed E-state index contributed by atoms with van der Waals surface area (Å²) in [7, 11) is -2.57. The van der Waals surface area contributed by atoms with Gasteiger partial charge in [-0.3, -0.25) is 0 Å². The van der Waals surface area contributed by atoms with Crippen LogP contribution in [-0.2, 0) is 10.3 Å². The molecule has 5 heteroatoms. The largest absolute Gasteiger partial charge is 0.350 e. The predicted octanol–water partition coefficient (Wildman–Crippen LogP) is -0.0732. The summed E-state index contributed by atoms with van der Waals surface area (Å²) in [5.74, 6) is -0.0205. The number of hydrogen-bond donors (Lipinski definition) is 2. The van der Waals surface area contributed by atoms with E-state index in [4.69, 9.17) is 10.8 Å². The molecule has 0 fully saturated rings. The molecule has 4 nitrogen and oxygen atoms in total. The lowest BCUT2D eigenvalue weighted by atomic mass is 10.0. The van der Waals surface area contributed by atoms with Crippen LogP contribution < -0.4 is 5.73 Å². The normalized spacial score (nSPS) is 15.6. The average Bonchev–Trinajstić information content (AvgIpc) is 2.00. The Morgan fingerprint density at radius 1 is 1.64 bits per heavy atom.